The maximum Gasteiger partial charge on any atom is 0.363 e. The third kappa shape index (κ3) is 2.67. The lowest BCUT2D eigenvalue weighted by Gasteiger charge is -1.96. The number of carbonyl (C=O) groups excluding carboxylic acids is 1. The molecule has 0 atom stereocenters. The molecule has 0 aliphatic carbocycles. The summed E-state index contributed by atoms with van der Waals surface area (Å²) in [5.74, 6) is -0.138. The van der Waals surface area contributed by atoms with Gasteiger partial charge in [-0.15, -0.1) is 0 Å². The van der Waals surface area contributed by atoms with Crippen LogP contribution < -0.4 is 0 Å². The van der Waals surface area contributed by atoms with Crippen LogP contribution in [0.2, 0.25) is 0 Å². The number of ether oxygens (including phenoxy) is 1. The van der Waals surface area contributed by atoms with Crippen molar-refractivity contribution < 1.29 is 9.53 Å². The van der Waals surface area contributed by atoms with E-state index >= 15 is 0 Å². The molecule has 98 valence electrons. The van der Waals surface area contributed by atoms with Crippen molar-refractivity contribution >= 4 is 33.9 Å². The minimum absolute atomic E-state index is 0.291. The summed E-state index contributed by atoms with van der Waals surface area (Å²) >= 11 is 3.36. The van der Waals surface area contributed by atoms with E-state index in [1.54, 1.807) is 30.6 Å². The molecule has 0 unspecified atom stereocenters. The maximum atomic E-state index is 11.8. The predicted molar refractivity (Wildman–Crippen MR) is 79.0 cm³/mol. The number of benzene rings is 1. The second-order valence-electron chi connectivity index (χ2n) is 4.12. The van der Waals surface area contributed by atoms with Crippen molar-refractivity contribution in [2.45, 2.75) is 0 Å². The van der Waals surface area contributed by atoms with Crippen LogP contribution in [-0.2, 0) is 9.53 Å². The van der Waals surface area contributed by atoms with Gasteiger partial charge < -0.3 is 4.74 Å². The zero-order valence-electron chi connectivity index (χ0n) is 10.3. The van der Waals surface area contributed by atoms with Gasteiger partial charge in [0.05, 0.1) is 0 Å². The molecule has 2 heterocycles. The van der Waals surface area contributed by atoms with Crippen LogP contribution in [0.5, 0.6) is 0 Å². The lowest BCUT2D eigenvalue weighted by Crippen LogP contribution is -2.05. The van der Waals surface area contributed by atoms with Gasteiger partial charge in [0.2, 0.25) is 5.90 Å². The molecule has 5 heteroatoms. The molecule has 3 rings (SSSR count). The maximum absolute atomic E-state index is 11.8. The van der Waals surface area contributed by atoms with Crippen LogP contribution in [-0.4, -0.2) is 16.9 Å². The van der Waals surface area contributed by atoms with Crippen molar-refractivity contribution in [3.05, 3.63) is 70.1 Å². The minimum Gasteiger partial charge on any atom is -0.402 e. The van der Waals surface area contributed by atoms with E-state index in [2.05, 4.69) is 25.9 Å². The van der Waals surface area contributed by atoms with Crippen LogP contribution in [0.4, 0.5) is 0 Å². The van der Waals surface area contributed by atoms with Crippen molar-refractivity contribution in [1.29, 1.82) is 0 Å². The number of hydrogen-bond acceptors (Lipinski definition) is 4. The summed E-state index contributed by atoms with van der Waals surface area (Å²) in [7, 11) is 0. The number of carbonyl (C=O) groups is 1. The number of nitrogens with zero attached hydrogens (tertiary/aromatic N) is 2. The van der Waals surface area contributed by atoms with Gasteiger partial charge in [0.1, 0.15) is 0 Å². The third-order valence-corrected chi connectivity index (χ3v) is 3.25. The highest BCUT2D eigenvalue weighted by atomic mass is 79.9. The van der Waals surface area contributed by atoms with Crippen molar-refractivity contribution in [2.75, 3.05) is 0 Å². The summed E-state index contributed by atoms with van der Waals surface area (Å²) in [6.45, 7) is 0. The van der Waals surface area contributed by atoms with E-state index in [1.807, 2.05) is 24.3 Å². The number of hydrogen-bond donors (Lipinski definition) is 0. The first-order chi connectivity index (χ1) is 9.72. The Morgan fingerprint density at radius 1 is 1.05 bits per heavy atom. The van der Waals surface area contributed by atoms with E-state index in [-0.39, 0.29) is 0 Å². The van der Waals surface area contributed by atoms with Crippen LogP contribution in [0, 0.1) is 0 Å². The monoisotopic (exact) mass is 328 g/mol. The molecule has 2 aromatic rings. The topological polar surface area (TPSA) is 51.5 Å². The highest BCUT2D eigenvalue weighted by Gasteiger charge is 2.23. The van der Waals surface area contributed by atoms with Crippen LogP contribution >= 0.6 is 15.9 Å². The molecule has 0 fully saturated rings. The Morgan fingerprint density at radius 2 is 1.75 bits per heavy atom. The van der Waals surface area contributed by atoms with Gasteiger partial charge in [-0.1, -0.05) is 28.1 Å². The Kier molecular flexibility index (Phi) is 3.43. The molecule has 1 aliphatic heterocycles. The first-order valence-corrected chi connectivity index (χ1v) is 6.70. The number of rotatable bonds is 2. The second kappa shape index (κ2) is 5.38. The largest absolute Gasteiger partial charge is 0.402 e. The number of esters is 1. The average molecular weight is 329 g/mol. The molecular formula is C15H9BrN2O2. The Bertz CT molecular complexity index is 706. The SMILES string of the molecule is O=C1OC(c2ccncc2)=NC1=Cc1ccc(Br)cc1. The van der Waals surface area contributed by atoms with E-state index in [9.17, 15) is 4.79 Å². The Balaban J connectivity index is 1.92. The Morgan fingerprint density at radius 3 is 2.45 bits per heavy atom. The van der Waals surface area contributed by atoms with Gasteiger partial charge in [-0.2, -0.15) is 0 Å². The van der Waals surface area contributed by atoms with Gasteiger partial charge in [-0.3, -0.25) is 4.98 Å². The number of cyclic esters (lactones) is 1. The summed E-state index contributed by atoms with van der Waals surface area (Å²) < 4.78 is 6.14. The first-order valence-electron chi connectivity index (χ1n) is 5.91. The molecule has 0 saturated carbocycles. The van der Waals surface area contributed by atoms with Crippen LogP contribution in [0.25, 0.3) is 6.08 Å². The lowest BCUT2D eigenvalue weighted by molar-refractivity contribution is -0.129. The molecule has 4 nitrogen and oxygen atoms in total. The van der Waals surface area contributed by atoms with Gasteiger partial charge in [-0.25, -0.2) is 9.79 Å². The lowest BCUT2D eigenvalue weighted by atomic mass is 10.2. The van der Waals surface area contributed by atoms with Gasteiger partial charge >= 0.3 is 5.97 Å². The quantitative estimate of drug-likeness (QED) is 0.628. The van der Waals surface area contributed by atoms with E-state index in [0.29, 0.717) is 11.6 Å². The van der Waals surface area contributed by atoms with E-state index < -0.39 is 5.97 Å². The summed E-state index contributed by atoms with van der Waals surface area (Å²) in [5.41, 5.74) is 1.91. The fraction of sp³-hybridized carbons (Fsp3) is 0. The molecule has 0 amide bonds. The van der Waals surface area contributed by atoms with Crippen molar-refractivity contribution in [1.82, 2.24) is 4.98 Å². The van der Waals surface area contributed by atoms with E-state index in [0.717, 1.165) is 15.6 Å². The first kappa shape index (κ1) is 12.7. The normalized spacial score (nSPS) is 16.1. The Labute approximate surface area is 124 Å². The number of pyridine rings is 1. The average Bonchev–Trinajstić information content (AvgIpc) is 2.84. The molecule has 0 spiro atoms. The van der Waals surface area contributed by atoms with Gasteiger partial charge in [0.25, 0.3) is 0 Å². The zero-order chi connectivity index (χ0) is 13.9. The summed E-state index contributed by atoms with van der Waals surface area (Å²) in [4.78, 5) is 19.9. The van der Waals surface area contributed by atoms with Crippen molar-refractivity contribution in [3.63, 3.8) is 0 Å². The number of halogens is 1. The minimum atomic E-state index is -0.445. The summed E-state index contributed by atoms with van der Waals surface area (Å²) in [5, 5.41) is 0. The smallest absolute Gasteiger partial charge is 0.363 e. The molecule has 0 N–H and O–H groups in total. The Hall–Kier alpha value is -2.27. The number of aromatic nitrogens is 1. The molecule has 1 aromatic heterocycles. The summed E-state index contributed by atoms with van der Waals surface area (Å²) in [6.07, 6.45) is 4.95. The van der Waals surface area contributed by atoms with Crippen molar-refractivity contribution in [2.24, 2.45) is 4.99 Å². The fourth-order valence-electron chi connectivity index (χ4n) is 1.74. The summed E-state index contributed by atoms with van der Waals surface area (Å²) in [6, 6.07) is 11.1. The van der Waals surface area contributed by atoms with Gasteiger partial charge in [0, 0.05) is 22.4 Å². The van der Waals surface area contributed by atoms with E-state index in [4.69, 9.17) is 4.74 Å². The molecule has 1 aromatic carbocycles. The molecule has 1 aliphatic rings. The van der Waals surface area contributed by atoms with E-state index in [1.165, 1.54) is 0 Å². The third-order valence-electron chi connectivity index (χ3n) is 2.72. The standard InChI is InChI=1S/C15H9BrN2O2/c16-12-3-1-10(2-4-12)9-13-15(19)20-14(18-13)11-5-7-17-8-6-11/h1-9H. The molecular weight excluding hydrogens is 320 g/mol. The van der Waals surface area contributed by atoms with Crippen LogP contribution in [0.1, 0.15) is 11.1 Å². The second-order valence-corrected chi connectivity index (χ2v) is 5.04. The van der Waals surface area contributed by atoms with Gasteiger partial charge in [0.15, 0.2) is 5.70 Å². The fourth-order valence-corrected chi connectivity index (χ4v) is 2.01. The highest BCUT2D eigenvalue weighted by Crippen LogP contribution is 2.19. The predicted octanol–water partition coefficient (Wildman–Crippen LogP) is 3.19. The molecule has 0 bridgehead atoms. The highest BCUT2D eigenvalue weighted by molar-refractivity contribution is 9.10. The molecule has 0 radical (unpaired) electrons. The molecule has 20 heavy (non-hydrogen) atoms. The van der Waals surface area contributed by atoms with Crippen molar-refractivity contribution in [3.8, 4) is 0 Å². The number of aliphatic imine (C=N–C) groups is 1. The van der Waals surface area contributed by atoms with Crippen LogP contribution in [0.15, 0.2) is 64.0 Å². The van der Waals surface area contributed by atoms with Crippen LogP contribution in [0.3, 0.4) is 0 Å². The van der Waals surface area contributed by atoms with Gasteiger partial charge in [-0.05, 0) is 35.9 Å². The molecule has 0 saturated heterocycles. The zero-order valence-corrected chi connectivity index (χ0v) is 11.9.